The van der Waals surface area contributed by atoms with Gasteiger partial charge in [-0.2, -0.15) is 13.2 Å². The highest BCUT2D eigenvalue weighted by Gasteiger charge is 2.46. The van der Waals surface area contributed by atoms with Gasteiger partial charge in [-0.15, -0.1) is 0 Å². The first kappa shape index (κ1) is 26.5. The van der Waals surface area contributed by atoms with Gasteiger partial charge in [0.15, 0.2) is 21.2 Å². The average molecular weight is 467 g/mol. The largest absolute Gasteiger partial charge is 0.491 e. The highest BCUT2D eigenvalue weighted by atomic mass is 32.2. The Morgan fingerprint density at radius 1 is 1.13 bits per heavy atom. The molecule has 0 radical (unpaired) electrons. The van der Waals surface area contributed by atoms with Gasteiger partial charge >= 0.3 is 12.1 Å². The summed E-state index contributed by atoms with van der Waals surface area (Å²) in [5.41, 5.74) is 8.07. The summed E-state index contributed by atoms with van der Waals surface area (Å²) in [5, 5.41) is -0.820. The van der Waals surface area contributed by atoms with E-state index in [-0.39, 0.29) is 0 Å². The number of aromatic nitrogens is 1. The third-order valence-electron chi connectivity index (χ3n) is 4.43. The van der Waals surface area contributed by atoms with E-state index in [1.807, 2.05) is 0 Å². The van der Waals surface area contributed by atoms with Crippen LogP contribution in [0.1, 0.15) is 49.9 Å². The monoisotopic (exact) mass is 467 g/mol. The number of nitrogens with two attached hydrogens (primary N) is 2. The molecule has 0 spiro atoms. The SMILES string of the molecule is CCCC(CCC)S(=O)(=O)CC(N)(C(N)=O)C(=O)c1ccc(OC(=O)C(F)(F)F)nc1. The number of ketones is 1. The van der Waals surface area contributed by atoms with Crippen LogP contribution in [0.25, 0.3) is 0 Å². The van der Waals surface area contributed by atoms with Crippen molar-refractivity contribution in [1.29, 1.82) is 0 Å². The molecule has 0 aliphatic rings. The number of carbonyl (C=O) groups is 3. The van der Waals surface area contributed by atoms with E-state index in [1.165, 1.54) is 0 Å². The number of primary amides is 1. The molecule has 1 rings (SSSR count). The average Bonchev–Trinajstić information content (AvgIpc) is 2.66. The third kappa shape index (κ3) is 6.72. The number of Topliss-reactive ketones (excluding diaryl/α,β-unsaturated/α-hetero) is 1. The van der Waals surface area contributed by atoms with Gasteiger partial charge in [-0.1, -0.05) is 26.7 Å². The Labute approximate surface area is 177 Å². The molecule has 9 nitrogen and oxygen atoms in total. The van der Waals surface area contributed by atoms with Crippen molar-refractivity contribution in [3.05, 3.63) is 23.9 Å². The predicted molar refractivity (Wildman–Crippen MR) is 104 cm³/mol. The Morgan fingerprint density at radius 3 is 2.06 bits per heavy atom. The first-order chi connectivity index (χ1) is 14.2. The predicted octanol–water partition coefficient (Wildman–Crippen LogP) is 1.30. The van der Waals surface area contributed by atoms with Gasteiger partial charge in [-0.3, -0.25) is 9.59 Å². The van der Waals surface area contributed by atoms with Crippen LogP contribution in [0.5, 0.6) is 5.88 Å². The summed E-state index contributed by atoms with van der Waals surface area (Å²) in [4.78, 5) is 39.0. The maximum absolute atomic E-state index is 12.8. The molecule has 0 aliphatic heterocycles. The van der Waals surface area contributed by atoms with Gasteiger partial charge < -0.3 is 16.2 Å². The minimum atomic E-state index is -5.25. The molecule has 0 saturated carbocycles. The van der Waals surface area contributed by atoms with Crippen LogP contribution in [0.15, 0.2) is 18.3 Å². The Morgan fingerprint density at radius 2 is 1.68 bits per heavy atom. The smallest absolute Gasteiger partial charge is 0.401 e. The Hall–Kier alpha value is -2.54. The number of carbonyl (C=O) groups excluding carboxylic acids is 3. The van der Waals surface area contributed by atoms with Crippen molar-refractivity contribution in [3.8, 4) is 5.88 Å². The first-order valence-electron chi connectivity index (χ1n) is 9.29. The van der Waals surface area contributed by atoms with Gasteiger partial charge in [0.2, 0.25) is 11.8 Å². The lowest BCUT2D eigenvalue weighted by molar-refractivity contribution is -0.190. The zero-order valence-electron chi connectivity index (χ0n) is 16.9. The van der Waals surface area contributed by atoms with E-state index in [0.29, 0.717) is 31.9 Å². The molecule has 1 aromatic rings. The highest BCUT2D eigenvalue weighted by molar-refractivity contribution is 7.92. The zero-order chi connectivity index (χ0) is 24.0. The fourth-order valence-electron chi connectivity index (χ4n) is 2.82. The van der Waals surface area contributed by atoms with Crippen molar-refractivity contribution in [3.63, 3.8) is 0 Å². The summed E-state index contributed by atoms with van der Waals surface area (Å²) >= 11 is 0. The van der Waals surface area contributed by atoms with Crippen LogP contribution >= 0.6 is 0 Å². The number of hydrogen-bond donors (Lipinski definition) is 2. The lowest BCUT2D eigenvalue weighted by Crippen LogP contribution is -2.63. The molecule has 4 N–H and O–H groups in total. The van der Waals surface area contributed by atoms with Crippen molar-refractivity contribution in [2.45, 2.75) is 56.5 Å². The maximum Gasteiger partial charge on any atom is 0.491 e. The minimum absolute atomic E-state index is 0.306. The second-order valence-corrected chi connectivity index (χ2v) is 9.22. The normalized spacial score (nSPS) is 14.2. The maximum atomic E-state index is 12.8. The fourth-order valence-corrected chi connectivity index (χ4v) is 5.15. The molecular weight excluding hydrogens is 443 g/mol. The van der Waals surface area contributed by atoms with Gasteiger partial charge in [0.1, 0.15) is 0 Å². The number of ether oxygens (including phenoxy) is 1. The summed E-state index contributed by atoms with van der Waals surface area (Å²) < 4.78 is 66.4. The topological polar surface area (TPSA) is 160 Å². The lowest BCUT2D eigenvalue weighted by Gasteiger charge is -2.27. The first-order valence-corrected chi connectivity index (χ1v) is 11.0. The second-order valence-electron chi connectivity index (χ2n) is 6.94. The molecule has 1 atom stereocenters. The van der Waals surface area contributed by atoms with Crippen molar-refractivity contribution in [2.24, 2.45) is 11.5 Å². The van der Waals surface area contributed by atoms with Gasteiger partial charge in [-0.25, -0.2) is 18.2 Å². The van der Waals surface area contributed by atoms with Crippen molar-refractivity contribution < 1.29 is 40.7 Å². The van der Waals surface area contributed by atoms with Crippen LogP contribution < -0.4 is 16.2 Å². The molecule has 1 heterocycles. The molecule has 1 unspecified atom stereocenters. The van der Waals surface area contributed by atoms with Crippen LogP contribution in [0.3, 0.4) is 0 Å². The van der Waals surface area contributed by atoms with Crippen LogP contribution in [0.4, 0.5) is 13.2 Å². The van der Waals surface area contributed by atoms with E-state index in [4.69, 9.17) is 11.5 Å². The van der Waals surface area contributed by atoms with Gasteiger partial charge in [-0.05, 0) is 18.9 Å². The van der Waals surface area contributed by atoms with Gasteiger partial charge in [0.25, 0.3) is 0 Å². The van der Waals surface area contributed by atoms with E-state index >= 15 is 0 Å². The van der Waals surface area contributed by atoms with E-state index in [0.717, 1.165) is 12.1 Å². The Balaban J connectivity index is 3.18. The number of hydrogen-bond acceptors (Lipinski definition) is 8. The standard InChI is InChI=1S/C18H24F3N3O6S/c1-3-5-12(6-4-2)31(28,29)10-17(23,15(22)26)14(25)11-7-8-13(24-9-11)30-16(27)18(19,20)21/h7-9,12H,3-6,10,23H2,1-2H3,(H2,22,26). The van der Waals surface area contributed by atoms with E-state index in [9.17, 15) is 36.0 Å². The Kier molecular flexibility index (Phi) is 8.70. The fraction of sp³-hybridized carbons (Fsp3) is 0.556. The molecule has 0 aromatic carbocycles. The summed E-state index contributed by atoms with van der Waals surface area (Å²) in [6, 6.07) is 1.66. The molecule has 174 valence electrons. The van der Waals surface area contributed by atoms with Crippen molar-refractivity contribution in [1.82, 2.24) is 4.98 Å². The summed E-state index contributed by atoms with van der Waals surface area (Å²) in [6.45, 7) is 3.57. The summed E-state index contributed by atoms with van der Waals surface area (Å²) in [5.74, 6) is -6.90. The molecule has 1 aromatic heterocycles. The quantitative estimate of drug-likeness (QED) is 0.280. The van der Waals surface area contributed by atoms with Crippen molar-refractivity contribution in [2.75, 3.05) is 5.75 Å². The molecule has 1 amide bonds. The number of halogens is 3. The molecule has 0 fully saturated rings. The number of sulfone groups is 1. The number of pyridine rings is 1. The van der Waals surface area contributed by atoms with Crippen LogP contribution in [-0.2, 0) is 19.4 Å². The van der Waals surface area contributed by atoms with Gasteiger partial charge in [0, 0.05) is 17.8 Å². The van der Waals surface area contributed by atoms with Crippen molar-refractivity contribution >= 4 is 27.5 Å². The Bertz CT molecular complexity index is 912. The van der Waals surface area contributed by atoms with Crippen LogP contribution in [0, 0.1) is 0 Å². The molecule has 0 aliphatic carbocycles. The molecule has 0 saturated heterocycles. The third-order valence-corrected chi connectivity index (χ3v) is 6.78. The molecular formula is C18H24F3N3O6S. The minimum Gasteiger partial charge on any atom is -0.401 e. The molecule has 0 bridgehead atoms. The van der Waals surface area contributed by atoms with Gasteiger partial charge in [0.05, 0.1) is 11.0 Å². The number of amides is 1. The van der Waals surface area contributed by atoms with Crippen LogP contribution in [-0.4, -0.2) is 53.8 Å². The highest BCUT2D eigenvalue weighted by Crippen LogP contribution is 2.23. The molecule has 31 heavy (non-hydrogen) atoms. The zero-order valence-corrected chi connectivity index (χ0v) is 17.8. The number of rotatable bonds is 11. The number of esters is 1. The van der Waals surface area contributed by atoms with Crippen LogP contribution in [0.2, 0.25) is 0 Å². The lowest BCUT2D eigenvalue weighted by atomic mass is 9.92. The van der Waals surface area contributed by atoms with E-state index in [2.05, 4.69) is 9.72 Å². The van der Waals surface area contributed by atoms with E-state index in [1.54, 1.807) is 13.8 Å². The summed E-state index contributed by atoms with van der Waals surface area (Å²) in [7, 11) is -4.00. The molecule has 13 heteroatoms. The second kappa shape index (κ2) is 10.2. The summed E-state index contributed by atoms with van der Waals surface area (Å²) in [6.07, 6.45) is -2.84. The van der Waals surface area contributed by atoms with E-state index < -0.39 is 61.7 Å². The number of alkyl halides is 3. The number of nitrogens with zero attached hydrogens (tertiary/aromatic N) is 1.